The molecule has 0 aromatic heterocycles. The van der Waals surface area contributed by atoms with E-state index in [1.54, 1.807) is 0 Å². The molecule has 1 unspecified atom stereocenters. The molecule has 1 heterocycles. The van der Waals surface area contributed by atoms with Gasteiger partial charge in [-0.05, 0) is 63.8 Å². The van der Waals surface area contributed by atoms with Crippen molar-refractivity contribution in [3.8, 4) is 5.75 Å². The van der Waals surface area contributed by atoms with Crippen molar-refractivity contribution in [2.45, 2.75) is 75.8 Å². The van der Waals surface area contributed by atoms with Crippen molar-refractivity contribution in [2.75, 3.05) is 0 Å². The molecule has 2 aromatic rings. The summed E-state index contributed by atoms with van der Waals surface area (Å²) in [5.74, 6) is -1.37. The number of benzene rings is 2. The number of ether oxygens (including phenoxy) is 1. The molecule has 8 heteroatoms. The van der Waals surface area contributed by atoms with Crippen LogP contribution in [0.15, 0.2) is 48.5 Å². The first-order valence-corrected chi connectivity index (χ1v) is 11.5. The minimum Gasteiger partial charge on any atom is -0.508 e. The third kappa shape index (κ3) is 4.93. The van der Waals surface area contributed by atoms with Gasteiger partial charge in [-0.15, -0.1) is 0 Å². The number of phenols is 1. The number of esters is 1. The fourth-order valence-corrected chi connectivity index (χ4v) is 5.28. The van der Waals surface area contributed by atoms with E-state index in [0.29, 0.717) is 25.7 Å². The molecule has 1 aliphatic carbocycles. The highest BCUT2D eigenvalue weighted by atomic mass is 19.4. The van der Waals surface area contributed by atoms with Gasteiger partial charge in [0.05, 0.1) is 23.1 Å². The molecule has 2 aliphatic rings. The molecule has 0 amide bonds. The first-order chi connectivity index (χ1) is 15.9. The van der Waals surface area contributed by atoms with Crippen molar-refractivity contribution in [3.63, 3.8) is 0 Å². The number of aromatic hydroxyl groups is 1. The van der Waals surface area contributed by atoms with Crippen molar-refractivity contribution in [1.29, 1.82) is 0 Å². The maximum Gasteiger partial charge on any atom is 0.416 e. The Morgan fingerprint density at radius 3 is 2.50 bits per heavy atom. The molecule has 4 rings (SSSR count). The maximum absolute atomic E-state index is 13.3. The summed E-state index contributed by atoms with van der Waals surface area (Å²) in [6.07, 6.45) is -2.27. The van der Waals surface area contributed by atoms with Gasteiger partial charge in [-0.3, -0.25) is 9.63 Å². The molecule has 0 bridgehead atoms. The van der Waals surface area contributed by atoms with E-state index in [1.165, 1.54) is 0 Å². The van der Waals surface area contributed by atoms with Crippen LogP contribution >= 0.6 is 0 Å². The van der Waals surface area contributed by atoms with E-state index in [2.05, 4.69) is 5.48 Å². The second-order valence-corrected chi connectivity index (χ2v) is 10.2. The Bertz CT molecular complexity index is 1030. The summed E-state index contributed by atoms with van der Waals surface area (Å²) >= 11 is 0. The van der Waals surface area contributed by atoms with Gasteiger partial charge in [-0.2, -0.15) is 18.7 Å². The molecule has 4 atom stereocenters. The zero-order valence-corrected chi connectivity index (χ0v) is 19.5. The lowest BCUT2D eigenvalue weighted by atomic mass is 9.64. The molecule has 1 aliphatic heterocycles. The number of carbonyl (C=O) groups excluding carboxylic acids is 1. The zero-order valence-electron chi connectivity index (χ0n) is 19.5. The normalized spacial score (nSPS) is 27.6. The van der Waals surface area contributed by atoms with Crippen LogP contribution < -0.4 is 5.48 Å². The zero-order chi connectivity index (χ0) is 24.7. The molecule has 2 aromatic carbocycles. The smallest absolute Gasteiger partial charge is 0.416 e. The van der Waals surface area contributed by atoms with E-state index >= 15 is 0 Å². The standard InChI is InChI=1S/C26H30F3NO4/c1-24(2,3)33-23(32)18-10-7-13-25(22(18)16-8-5-4-6-9-16)15-20(30-34-25)19-14-17(26(27,28)29)11-12-21(19)31/h4-6,8-9,11-12,14,18,20,22,30-31H,7,10,13,15H2,1-3H3/t18?,20-,22+,25+/m0/s1. The van der Waals surface area contributed by atoms with Gasteiger partial charge < -0.3 is 9.84 Å². The molecule has 184 valence electrons. The summed E-state index contributed by atoms with van der Waals surface area (Å²) in [5.41, 5.74) is 1.59. The summed E-state index contributed by atoms with van der Waals surface area (Å²) in [4.78, 5) is 19.4. The summed E-state index contributed by atoms with van der Waals surface area (Å²) in [5, 5.41) is 10.4. The van der Waals surface area contributed by atoms with Gasteiger partial charge in [0.15, 0.2) is 0 Å². The van der Waals surface area contributed by atoms with Crippen LogP contribution in [0.4, 0.5) is 13.2 Å². The van der Waals surface area contributed by atoms with Crippen LogP contribution in [-0.4, -0.2) is 22.3 Å². The summed E-state index contributed by atoms with van der Waals surface area (Å²) in [6, 6.07) is 11.8. The third-order valence-electron chi connectivity index (χ3n) is 6.64. The molecule has 1 spiro atoms. The molecule has 34 heavy (non-hydrogen) atoms. The first-order valence-electron chi connectivity index (χ1n) is 11.5. The van der Waals surface area contributed by atoms with Crippen molar-refractivity contribution in [1.82, 2.24) is 5.48 Å². The number of halogens is 3. The monoisotopic (exact) mass is 477 g/mol. The van der Waals surface area contributed by atoms with Gasteiger partial charge in [0, 0.05) is 17.9 Å². The summed E-state index contributed by atoms with van der Waals surface area (Å²) in [7, 11) is 0. The van der Waals surface area contributed by atoms with Gasteiger partial charge >= 0.3 is 12.1 Å². The Labute approximate surface area is 197 Å². The molecule has 1 saturated heterocycles. The van der Waals surface area contributed by atoms with Crippen LogP contribution in [0.25, 0.3) is 0 Å². The van der Waals surface area contributed by atoms with E-state index in [4.69, 9.17) is 9.57 Å². The highest BCUT2D eigenvalue weighted by molar-refractivity contribution is 5.75. The first kappa shape index (κ1) is 24.5. The second-order valence-electron chi connectivity index (χ2n) is 10.2. The number of hydrogen-bond donors (Lipinski definition) is 2. The number of carbonyl (C=O) groups is 1. The fourth-order valence-electron chi connectivity index (χ4n) is 5.28. The number of nitrogens with one attached hydrogen (secondary N) is 1. The Morgan fingerprint density at radius 2 is 1.85 bits per heavy atom. The Morgan fingerprint density at radius 1 is 1.15 bits per heavy atom. The highest BCUT2D eigenvalue weighted by Gasteiger charge is 2.55. The van der Waals surface area contributed by atoms with Crippen molar-refractivity contribution in [3.05, 3.63) is 65.2 Å². The minimum atomic E-state index is -4.53. The third-order valence-corrected chi connectivity index (χ3v) is 6.64. The van der Waals surface area contributed by atoms with E-state index in [1.807, 2.05) is 51.1 Å². The summed E-state index contributed by atoms with van der Waals surface area (Å²) in [6.45, 7) is 5.46. The van der Waals surface area contributed by atoms with Crippen LogP contribution in [0.2, 0.25) is 0 Å². The average molecular weight is 478 g/mol. The average Bonchev–Trinajstić information content (AvgIpc) is 3.16. The number of hydroxylamine groups is 1. The minimum absolute atomic E-state index is 0.123. The van der Waals surface area contributed by atoms with Crippen LogP contribution in [0.1, 0.15) is 75.1 Å². The van der Waals surface area contributed by atoms with Crippen LogP contribution in [0.3, 0.4) is 0 Å². The molecular formula is C26H30F3NO4. The van der Waals surface area contributed by atoms with Crippen LogP contribution in [0, 0.1) is 5.92 Å². The topological polar surface area (TPSA) is 67.8 Å². The van der Waals surface area contributed by atoms with Crippen molar-refractivity contribution >= 4 is 5.97 Å². The predicted octanol–water partition coefficient (Wildman–Crippen LogP) is 6.04. The Hall–Kier alpha value is -2.58. The van der Waals surface area contributed by atoms with E-state index in [-0.39, 0.29) is 23.2 Å². The number of alkyl halides is 3. The lowest BCUT2D eigenvalue weighted by Gasteiger charge is -2.44. The van der Waals surface area contributed by atoms with Gasteiger partial charge in [0.1, 0.15) is 11.4 Å². The predicted molar refractivity (Wildman–Crippen MR) is 120 cm³/mol. The van der Waals surface area contributed by atoms with E-state index < -0.39 is 34.9 Å². The van der Waals surface area contributed by atoms with Gasteiger partial charge in [0.2, 0.25) is 0 Å². The largest absolute Gasteiger partial charge is 0.508 e. The SMILES string of the molecule is CC(C)(C)OC(=O)C1CCC[C@@]2(C[C@@H](c3cc(C(F)(F)F)ccc3O)NO2)[C@@H]1c1ccccc1. The van der Waals surface area contributed by atoms with Gasteiger partial charge in [-0.25, -0.2) is 0 Å². The lowest BCUT2D eigenvalue weighted by Crippen LogP contribution is -2.47. The summed E-state index contributed by atoms with van der Waals surface area (Å²) < 4.78 is 45.7. The number of rotatable bonds is 3. The number of hydrogen-bond acceptors (Lipinski definition) is 5. The molecule has 1 saturated carbocycles. The van der Waals surface area contributed by atoms with Gasteiger partial charge in [0.25, 0.3) is 0 Å². The molecule has 2 N–H and O–H groups in total. The lowest BCUT2D eigenvalue weighted by molar-refractivity contribution is -0.170. The molecule has 2 fully saturated rings. The van der Waals surface area contributed by atoms with E-state index in [9.17, 15) is 23.1 Å². The Kier molecular flexibility index (Phi) is 6.42. The van der Waals surface area contributed by atoms with Crippen LogP contribution in [-0.2, 0) is 20.5 Å². The van der Waals surface area contributed by atoms with Crippen molar-refractivity contribution in [2.24, 2.45) is 5.92 Å². The fraction of sp³-hybridized carbons (Fsp3) is 0.500. The quantitative estimate of drug-likeness (QED) is 0.528. The maximum atomic E-state index is 13.3. The Balaban J connectivity index is 1.70. The number of phenolic OH excluding ortho intramolecular Hbond substituents is 1. The van der Waals surface area contributed by atoms with Crippen molar-refractivity contribution < 1.29 is 32.6 Å². The van der Waals surface area contributed by atoms with Crippen LogP contribution in [0.5, 0.6) is 5.75 Å². The van der Waals surface area contributed by atoms with Gasteiger partial charge in [-0.1, -0.05) is 30.3 Å². The second kappa shape index (κ2) is 8.89. The molecular weight excluding hydrogens is 447 g/mol. The molecule has 0 radical (unpaired) electrons. The molecule has 5 nitrogen and oxygen atoms in total. The van der Waals surface area contributed by atoms with E-state index in [0.717, 1.165) is 23.8 Å². The highest BCUT2D eigenvalue weighted by Crippen LogP contribution is 2.54.